The van der Waals surface area contributed by atoms with E-state index in [1.165, 1.54) is 25.3 Å². The molecule has 0 N–H and O–H groups in total. The summed E-state index contributed by atoms with van der Waals surface area (Å²) >= 11 is 1.33. The van der Waals surface area contributed by atoms with Gasteiger partial charge in [0.1, 0.15) is 5.01 Å². The molecule has 1 heterocycles. The lowest BCUT2D eigenvalue weighted by molar-refractivity contribution is -0.388. The summed E-state index contributed by atoms with van der Waals surface area (Å²) in [5, 5.41) is 13.7. The summed E-state index contributed by atoms with van der Waals surface area (Å²) in [5.41, 5.74) is 0.297. The maximum absolute atomic E-state index is 12.8. The van der Waals surface area contributed by atoms with Gasteiger partial charge in [-0.1, -0.05) is 12.1 Å². The molecule has 2 rings (SSSR count). The summed E-state index contributed by atoms with van der Waals surface area (Å²) in [6, 6.07) is 3.12. The molecule has 0 spiro atoms. The zero-order valence-electron chi connectivity index (χ0n) is 12.3. The van der Waals surface area contributed by atoms with Crippen LogP contribution in [0.5, 0.6) is 0 Å². The highest BCUT2D eigenvalue weighted by Crippen LogP contribution is 2.32. The number of aryl methyl sites for hydroxylation is 2. The van der Waals surface area contributed by atoms with Gasteiger partial charge in [0.25, 0.3) is 5.69 Å². The lowest BCUT2D eigenvalue weighted by Crippen LogP contribution is -2.28. The van der Waals surface area contributed by atoms with Crippen LogP contribution in [0.15, 0.2) is 28.6 Å². The Balaban J connectivity index is 2.54. The van der Waals surface area contributed by atoms with Crippen molar-refractivity contribution in [1.29, 1.82) is 0 Å². The fraction of sp³-hybridized carbons (Fsp3) is 0.308. The molecule has 118 valence electrons. The Morgan fingerprint density at radius 3 is 2.50 bits per heavy atom. The first-order valence-electron chi connectivity index (χ1n) is 6.34. The molecule has 0 radical (unpaired) electrons. The molecule has 0 aliphatic rings. The molecule has 9 heteroatoms. The maximum Gasteiger partial charge on any atom is 0.292 e. The van der Waals surface area contributed by atoms with E-state index in [0.29, 0.717) is 16.1 Å². The summed E-state index contributed by atoms with van der Waals surface area (Å²) in [7, 11) is -2.59. The molecule has 0 unspecified atom stereocenters. The summed E-state index contributed by atoms with van der Waals surface area (Å²) in [6.07, 6.45) is 1.58. The first-order chi connectivity index (χ1) is 10.2. The Kier molecular flexibility index (Phi) is 4.59. The predicted octanol–water partition coefficient (Wildman–Crippen LogP) is 2.49. The van der Waals surface area contributed by atoms with Gasteiger partial charge in [-0.2, -0.15) is 4.31 Å². The van der Waals surface area contributed by atoms with Crippen LogP contribution in [0.3, 0.4) is 0 Å². The highest BCUT2D eigenvalue weighted by atomic mass is 32.2. The van der Waals surface area contributed by atoms with Crippen LogP contribution < -0.4 is 0 Å². The standard InChI is InChI=1S/C13H15N3O4S2/c1-9-4-5-10(2)13(12(9)16(17)18)22(19,20)15(3)8-11-14-6-7-21-11/h4-7H,8H2,1-3H3. The van der Waals surface area contributed by atoms with Crippen molar-refractivity contribution in [1.82, 2.24) is 9.29 Å². The first-order valence-corrected chi connectivity index (χ1v) is 8.66. The van der Waals surface area contributed by atoms with Crippen molar-refractivity contribution >= 4 is 27.0 Å². The summed E-state index contributed by atoms with van der Waals surface area (Å²) < 4.78 is 26.6. The highest BCUT2D eigenvalue weighted by Gasteiger charge is 2.33. The third-order valence-corrected chi connectivity index (χ3v) is 5.97. The van der Waals surface area contributed by atoms with E-state index in [4.69, 9.17) is 0 Å². The molecular formula is C13H15N3O4S2. The van der Waals surface area contributed by atoms with E-state index in [2.05, 4.69) is 4.98 Å². The van der Waals surface area contributed by atoms with E-state index < -0.39 is 14.9 Å². The van der Waals surface area contributed by atoms with Crippen molar-refractivity contribution in [2.75, 3.05) is 7.05 Å². The maximum atomic E-state index is 12.8. The van der Waals surface area contributed by atoms with Crippen molar-refractivity contribution < 1.29 is 13.3 Å². The Hall–Kier alpha value is -1.84. The van der Waals surface area contributed by atoms with Gasteiger partial charge in [0.2, 0.25) is 10.0 Å². The molecule has 7 nitrogen and oxygen atoms in total. The quantitative estimate of drug-likeness (QED) is 0.615. The number of sulfonamides is 1. The van der Waals surface area contributed by atoms with Gasteiger partial charge in [-0.15, -0.1) is 11.3 Å². The van der Waals surface area contributed by atoms with Crippen LogP contribution in [-0.2, 0) is 16.6 Å². The monoisotopic (exact) mass is 341 g/mol. The number of nitro benzene ring substituents is 1. The number of hydrogen-bond acceptors (Lipinski definition) is 6. The average molecular weight is 341 g/mol. The van der Waals surface area contributed by atoms with Gasteiger partial charge in [0.15, 0.2) is 4.90 Å². The number of thiazole rings is 1. The third kappa shape index (κ3) is 3.01. The molecule has 1 aromatic heterocycles. The summed E-state index contributed by atoms with van der Waals surface area (Å²) in [6.45, 7) is 3.15. The Morgan fingerprint density at radius 1 is 1.32 bits per heavy atom. The molecule has 0 saturated carbocycles. The lowest BCUT2D eigenvalue weighted by Gasteiger charge is -2.18. The number of benzene rings is 1. The smallest absolute Gasteiger partial charge is 0.258 e. The lowest BCUT2D eigenvalue weighted by atomic mass is 10.1. The topological polar surface area (TPSA) is 93.4 Å². The van der Waals surface area contributed by atoms with Crippen LogP contribution in [-0.4, -0.2) is 29.7 Å². The number of hydrogen-bond donors (Lipinski definition) is 0. The molecule has 1 aromatic carbocycles. The van der Waals surface area contributed by atoms with Crippen LogP contribution in [0.1, 0.15) is 16.1 Å². The van der Waals surface area contributed by atoms with Gasteiger partial charge in [0, 0.05) is 24.2 Å². The fourth-order valence-corrected chi connectivity index (χ4v) is 4.39. The molecular weight excluding hydrogens is 326 g/mol. The van der Waals surface area contributed by atoms with Gasteiger partial charge in [-0.25, -0.2) is 13.4 Å². The van der Waals surface area contributed by atoms with E-state index in [1.807, 2.05) is 0 Å². The van der Waals surface area contributed by atoms with E-state index in [-0.39, 0.29) is 17.1 Å². The van der Waals surface area contributed by atoms with Crippen LogP contribution in [0.4, 0.5) is 5.69 Å². The number of rotatable bonds is 5. The Bertz CT molecular complexity index is 801. The normalized spacial score (nSPS) is 11.8. The second-order valence-corrected chi connectivity index (χ2v) is 7.78. The van der Waals surface area contributed by atoms with Gasteiger partial charge in [-0.3, -0.25) is 10.1 Å². The van der Waals surface area contributed by atoms with Gasteiger partial charge in [-0.05, 0) is 19.4 Å². The van der Waals surface area contributed by atoms with Crippen molar-refractivity contribution in [2.45, 2.75) is 25.3 Å². The van der Waals surface area contributed by atoms with Crippen LogP contribution in [0.25, 0.3) is 0 Å². The number of nitrogens with zero attached hydrogens (tertiary/aromatic N) is 3. The predicted molar refractivity (Wildman–Crippen MR) is 83.3 cm³/mol. The van der Waals surface area contributed by atoms with E-state index in [0.717, 1.165) is 4.31 Å². The minimum atomic E-state index is -3.99. The van der Waals surface area contributed by atoms with Crippen molar-refractivity contribution in [3.05, 3.63) is 50.0 Å². The zero-order valence-corrected chi connectivity index (χ0v) is 13.9. The highest BCUT2D eigenvalue weighted by molar-refractivity contribution is 7.89. The second kappa shape index (κ2) is 6.11. The van der Waals surface area contributed by atoms with E-state index in [1.54, 1.807) is 30.6 Å². The van der Waals surface area contributed by atoms with Crippen LogP contribution in [0, 0.1) is 24.0 Å². The van der Waals surface area contributed by atoms with Crippen LogP contribution in [0.2, 0.25) is 0 Å². The van der Waals surface area contributed by atoms with Gasteiger partial charge >= 0.3 is 0 Å². The molecule has 22 heavy (non-hydrogen) atoms. The Morgan fingerprint density at radius 2 is 1.95 bits per heavy atom. The number of aromatic nitrogens is 1. The summed E-state index contributed by atoms with van der Waals surface area (Å²) in [5.74, 6) is 0. The van der Waals surface area contributed by atoms with Gasteiger partial charge in [0.05, 0.1) is 11.5 Å². The molecule has 2 aromatic rings. The third-order valence-electron chi connectivity index (χ3n) is 3.22. The largest absolute Gasteiger partial charge is 0.292 e. The molecule has 0 aliphatic heterocycles. The van der Waals surface area contributed by atoms with Crippen LogP contribution >= 0.6 is 11.3 Å². The molecule has 0 amide bonds. The molecule has 0 atom stereocenters. The van der Waals surface area contributed by atoms with Gasteiger partial charge < -0.3 is 0 Å². The average Bonchev–Trinajstić information content (AvgIpc) is 2.93. The minimum absolute atomic E-state index is 0.0739. The molecule has 0 bridgehead atoms. The number of nitro groups is 1. The first kappa shape index (κ1) is 16.5. The van der Waals surface area contributed by atoms with Crippen molar-refractivity contribution in [3.8, 4) is 0 Å². The fourth-order valence-electron chi connectivity index (χ4n) is 2.09. The van der Waals surface area contributed by atoms with Crippen molar-refractivity contribution in [3.63, 3.8) is 0 Å². The second-order valence-electron chi connectivity index (χ2n) is 4.82. The summed E-state index contributed by atoms with van der Waals surface area (Å²) in [4.78, 5) is 14.4. The van der Waals surface area contributed by atoms with E-state index >= 15 is 0 Å². The van der Waals surface area contributed by atoms with E-state index in [9.17, 15) is 18.5 Å². The SMILES string of the molecule is Cc1ccc(C)c(S(=O)(=O)N(C)Cc2nccs2)c1[N+](=O)[O-]. The molecule has 0 fully saturated rings. The van der Waals surface area contributed by atoms with Crippen molar-refractivity contribution in [2.24, 2.45) is 0 Å². The molecule has 0 saturated heterocycles. The minimum Gasteiger partial charge on any atom is -0.258 e. The molecule has 0 aliphatic carbocycles. The Labute approximate surface area is 132 Å². The zero-order chi connectivity index (χ0) is 16.5.